The third kappa shape index (κ3) is 7.21. The maximum Gasteiger partial charge on any atom is 0.349 e. The summed E-state index contributed by atoms with van der Waals surface area (Å²) in [6.45, 7) is 3.64. The molecule has 0 saturated carbocycles. The summed E-state index contributed by atoms with van der Waals surface area (Å²) in [6, 6.07) is 23.9. The average molecular weight is 472 g/mol. The van der Waals surface area contributed by atoms with E-state index in [4.69, 9.17) is 18.9 Å². The van der Waals surface area contributed by atoms with Gasteiger partial charge in [0, 0.05) is 0 Å². The molecule has 0 heterocycles. The van der Waals surface area contributed by atoms with Crippen LogP contribution in [0.5, 0.6) is 17.2 Å². The van der Waals surface area contributed by atoms with Gasteiger partial charge in [0.25, 0.3) is 0 Å². The van der Waals surface area contributed by atoms with Gasteiger partial charge in [0.05, 0.1) is 13.2 Å². The van der Waals surface area contributed by atoms with Crippen molar-refractivity contribution in [3.05, 3.63) is 83.9 Å². The molecule has 0 N–H and O–H groups in total. The fraction of sp³-hybridized carbons (Fsp3) is 0.179. The second kappa shape index (κ2) is 12.6. The lowest BCUT2D eigenvalue weighted by Crippen LogP contribution is -2.18. The van der Waals surface area contributed by atoms with E-state index in [0.717, 1.165) is 11.1 Å². The first-order valence-electron chi connectivity index (χ1n) is 11.1. The normalized spacial score (nSPS) is 10.7. The first kappa shape index (κ1) is 25.1. The van der Waals surface area contributed by atoms with Crippen molar-refractivity contribution in [1.29, 1.82) is 5.26 Å². The molecule has 0 aromatic heterocycles. The van der Waals surface area contributed by atoms with Crippen LogP contribution in [0.25, 0.3) is 17.2 Å². The molecule has 0 bridgehead atoms. The number of rotatable bonds is 10. The quantitative estimate of drug-likeness (QED) is 0.173. The van der Waals surface area contributed by atoms with Gasteiger partial charge in [0.15, 0.2) is 18.1 Å². The van der Waals surface area contributed by atoms with Crippen LogP contribution in [0.3, 0.4) is 0 Å². The maximum absolute atomic E-state index is 12.4. The summed E-state index contributed by atoms with van der Waals surface area (Å²) in [5.74, 6) is -0.284. The van der Waals surface area contributed by atoms with Crippen LogP contribution in [0.2, 0.25) is 0 Å². The van der Waals surface area contributed by atoms with Gasteiger partial charge in [-0.1, -0.05) is 48.5 Å². The molecule has 7 nitrogen and oxygen atoms in total. The number of hydrogen-bond acceptors (Lipinski definition) is 7. The molecule has 3 rings (SSSR count). The van der Waals surface area contributed by atoms with E-state index in [1.54, 1.807) is 38.1 Å². The van der Waals surface area contributed by atoms with Crippen molar-refractivity contribution < 1.29 is 28.5 Å². The van der Waals surface area contributed by atoms with Crippen LogP contribution >= 0.6 is 0 Å². The Morgan fingerprint density at radius 2 is 1.57 bits per heavy atom. The Morgan fingerprint density at radius 3 is 2.23 bits per heavy atom. The predicted octanol–water partition coefficient (Wildman–Crippen LogP) is 5.21. The molecule has 178 valence electrons. The molecule has 0 radical (unpaired) electrons. The number of benzene rings is 3. The van der Waals surface area contributed by atoms with Crippen molar-refractivity contribution in [2.45, 2.75) is 13.8 Å². The van der Waals surface area contributed by atoms with Crippen molar-refractivity contribution in [2.24, 2.45) is 0 Å². The Balaban J connectivity index is 1.65. The van der Waals surface area contributed by atoms with E-state index in [9.17, 15) is 14.9 Å². The zero-order chi connectivity index (χ0) is 25.0. The lowest BCUT2D eigenvalue weighted by molar-refractivity contribution is -0.138. The van der Waals surface area contributed by atoms with Gasteiger partial charge >= 0.3 is 11.9 Å². The molecular formula is C28H25NO6. The molecule has 3 aromatic carbocycles. The van der Waals surface area contributed by atoms with Crippen molar-refractivity contribution in [1.82, 2.24) is 0 Å². The van der Waals surface area contributed by atoms with Gasteiger partial charge < -0.3 is 18.9 Å². The van der Waals surface area contributed by atoms with Crippen molar-refractivity contribution in [2.75, 3.05) is 19.8 Å². The van der Waals surface area contributed by atoms with Crippen LogP contribution in [0.15, 0.2) is 78.4 Å². The number of nitrogens with zero attached hydrogens (tertiary/aromatic N) is 1. The van der Waals surface area contributed by atoms with Gasteiger partial charge in [-0.05, 0) is 60.9 Å². The van der Waals surface area contributed by atoms with Crippen LogP contribution in [0, 0.1) is 11.3 Å². The van der Waals surface area contributed by atoms with Crippen LogP contribution in [-0.4, -0.2) is 31.8 Å². The number of carbonyl (C=O) groups excluding carboxylic acids is 2. The second-order valence-electron chi connectivity index (χ2n) is 7.18. The van der Waals surface area contributed by atoms with E-state index in [-0.39, 0.29) is 24.5 Å². The molecule has 0 saturated heterocycles. The lowest BCUT2D eigenvalue weighted by atomic mass is 10.1. The molecule has 0 unspecified atom stereocenters. The molecule has 0 atom stereocenters. The first-order valence-corrected chi connectivity index (χ1v) is 11.1. The summed E-state index contributed by atoms with van der Waals surface area (Å²) >= 11 is 0. The minimum atomic E-state index is -0.711. The topological polar surface area (TPSA) is 94.9 Å². The molecule has 0 aliphatic rings. The standard InChI is InChI=1S/C28H25NO6/c1-3-32-26-17-20(16-23(18-29)28(31)33-4-2)10-15-25(26)35-27(30)19-34-24-13-11-22(12-14-24)21-8-6-5-7-9-21/h5-17H,3-4,19H2,1-2H3/b23-16+. The zero-order valence-electron chi connectivity index (χ0n) is 19.5. The summed E-state index contributed by atoms with van der Waals surface area (Å²) in [5.41, 5.74) is 2.50. The Kier molecular flexibility index (Phi) is 9.03. The highest BCUT2D eigenvalue weighted by Crippen LogP contribution is 2.30. The SMILES string of the molecule is CCOC(=O)/C(C#N)=C/c1ccc(OC(=O)COc2ccc(-c3ccccc3)cc2)c(OCC)c1. The van der Waals surface area contributed by atoms with Gasteiger partial charge in [0.1, 0.15) is 17.4 Å². The molecule has 35 heavy (non-hydrogen) atoms. The number of nitriles is 1. The van der Waals surface area contributed by atoms with Crippen molar-refractivity contribution >= 4 is 18.0 Å². The summed E-state index contributed by atoms with van der Waals surface area (Å²) < 4.78 is 21.4. The van der Waals surface area contributed by atoms with Gasteiger partial charge in [0.2, 0.25) is 0 Å². The van der Waals surface area contributed by atoms with E-state index >= 15 is 0 Å². The van der Waals surface area contributed by atoms with Gasteiger partial charge in [-0.25, -0.2) is 9.59 Å². The molecule has 7 heteroatoms. The van der Waals surface area contributed by atoms with Crippen molar-refractivity contribution in [3.8, 4) is 34.4 Å². The molecular weight excluding hydrogens is 446 g/mol. The Bertz CT molecular complexity index is 1230. The summed E-state index contributed by atoms with van der Waals surface area (Å²) in [6.07, 6.45) is 1.38. The number of carbonyl (C=O) groups is 2. The average Bonchev–Trinajstić information content (AvgIpc) is 2.88. The minimum Gasteiger partial charge on any atom is -0.490 e. The lowest BCUT2D eigenvalue weighted by Gasteiger charge is -2.12. The number of esters is 2. The van der Waals surface area contributed by atoms with Crippen LogP contribution < -0.4 is 14.2 Å². The molecule has 3 aromatic rings. The fourth-order valence-electron chi connectivity index (χ4n) is 3.15. The monoisotopic (exact) mass is 471 g/mol. The van der Waals surface area contributed by atoms with Gasteiger partial charge in [-0.15, -0.1) is 0 Å². The largest absolute Gasteiger partial charge is 0.490 e. The van der Waals surface area contributed by atoms with Crippen LogP contribution in [0.1, 0.15) is 19.4 Å². The predicted molar refractivity (Wildman–Crippen MR) is 131 cm³/mol. The number of hydrogen-bond donors (Lipinski definition) is 0. The molecule has 0 aliphatic heterocycles. The van der Waals surface area contributed by atoms with Gasteiger partial charge in [-0.2, -0.15) is 5.26 Å². The molecule has 0 aliphatic carbocycles. The van der Waals surface area contributed by atoms with Gasteiger partial charge in [-0.3, -0.25) is 0 Å². The second-order valence-corrected chi connectivity index (χ2v) is 7.18. The highest BCUT2D eigenvalue weighted by atomic mass is 16.6. The van der Waals surface area contributed by atoms with E-state index in [0.29, 0.717) is 23.7 Å². The summed E-state index contributed by atoms with van der Waals surface area (Å²) in [5, 5.41) is 9.22. The Morgan fingerprint density at radius 1 is 0.857 bits per heavy atom. The van der Waals surface area contributed by atoms with Crippen LogP contribution in [0.4, 0.5) is 0 Å². The highest BCUT2D eigenvalue weighted by Gasteiger charge is 2.14. The van der Waals surface area contributed by atoms with Crippen LogP contribution in [-0.2, 0) is 14.3 Å². The third-order valence-corrected chi connectivity index (χ3v) is 4.74. The number of ether oxygens (including phenoxy) is 4. The van der Waals surface area contributed by atoms with E-state index in [1.165, 1.54) is 12.1 Å². The van der Waals surface area contributed by atoms with E-state index in [2.05, 4.69) is 0 Å². The summed E-state index contributed by atoms with van der Waals surface area (Å²) in [4.78, 5) is 24.2. The zero-order valence-corrected chi connectivity index (χ0v) is 19.5. The van der Waals surface area contributed by atoms with E-state index < -0.39 is 11.9 Å². The molecule has 0 spiro atoms. The van der Waals surface area contributed by atoms with E-state index in [1.807, 2.05) is 48.5 Å². The third-order valence-electron chi connectivity index (χ3n) is 4.74. The Labute approximate surface area is 204 Å². The fourth-order valence-corrected chi connectivity index (χ4v) is 3.15. The minimum absolute atomic E-state index is 0.147. The molecule has 0 fully saturated rings. The smallest absolute Gasteiger partial charge is 0.349 e. The summed E-state index contributed by atoms with van der Waals surface area (Å²) in [7, 11) is 0. The highest BCUT2D eigenvalue weighted by molar-refractivity contribution is 5.98. The first-order chi connectivity index (χ1) is 17.0. The maximum atomic E-state index is 12.4. The Hall–Kier alpha value is -4.57. The van der Waals surface area contributed by atoms with Crippen molar-refractivity contribution in [3.63, 3.8) is 0 Å². The molecule has 0 amide bonds.